The van der Waals surface area contributed by atoms with E-state index in [-0.39, 0.29) is 6.42 Å². The van der Waals surface area contributed by atoms with E-state index in [1.54, 1.807) is 6.92 Å². The molecule has 1 aromatic carbocycles. The molecular formula is C17H18F11P. The Kier molecular flexibility index (Phi) is 7.99. The predicted octanol–water partition coefficient (Wildman–Crippen LogP) is 7.78. The fourth-order valence-electron chi connectivity index (χ4n) is 2.50. The molecule has 0 fully saturated rings. The van der Waals surface area contributed by atoms with Crippen molar-refractivity contribution in [3.63, 3.8) is 0 Å². The van der Waals surface area contributed by atoms with Crippen molar-refractivity contribution >= 4 is 13.2 Å². The van der Waals surface area contributed by atoms with Crippen molar-refractivity contribution in [3.05, 3.63) is 30.3 Å². The fourth-order valence-corrected chi connectivity index (χ4v) is 4.67. The first-order valence-corrected chi connectivity index (χ1v) is 9.81. The van der Waals surface area contributed by atoms with Crippen molar-refractivity contribution in [2.24, 2.45) is 0 Å². The van der Waals surface area contributed by atoms with Gasteiger partial charge in [-0.1, -0.05) is 56.5 Å². The van der Waals surface area contributed by atoms with Gasteiger partial charge in [-0.25, -0.2) is 0 Å². The van der Waals surface area contributed by atoms with Crippen LogP contribution in [0.5, 0.6) is 0 Å². The highest BCUT2D eigenvalue weighted by Crippen LogP contribution is 2.72. The molecule has 0 amide bonds. The lowest BCUT2D eigenvalue weighted by atomic mass is 10.0. The molecule has 0 heterocycles. The Balaban J connectivity index is 3.46. The van der Waals surface area contributed by atoms with Gasteiger partial charge in [0.25, 0.3) is 0 Å². The number of halogens is 11. The first-order valence-electron chi connectivity index (χ1n) is 8.47. The van der Waals surface area contributed by atoms with Gasteiger partial charge in [0.2, 0.25) is 0 Å². The number of rotatable bonds is 10. The maximum absolute atomic E-state index is 14.5. The smallest absolute Gasteiger partial charge is 0.200 e. The van der Waals surface area contributed by atoms with Crippen LogP contribution >= 0.6 is 7.92 Å². The van der Waals surface area contributed by atoms with Crippen molar-refractivity contribution in [1.29, 1.82) is 0 Å². The third-order valence-corrected chi connectivity index (χ3v) is 6.57. The summed E-state index contributed by atoms with van der Waals surface area (Å²) in [7, 11) is -5.43. The number of hydrogen-bond donors (Lipinski definition) is 0. The van der Waals surface area contributed by atoms with Crippen molar-refractivity contribution < 1.29 is 48.3 Å². The average molecular weight is 462 g/mol. The minimum Gasteiger partial charge on any atom is -0.200 e. The molecule has 0 aromatic heterocycles. The molecule has 1 unspecified atom stereocenters. The van der Waals surface area contributed by atoms with Gasteiger partial charge < -0.3 is 0 Å². The molecule has 1 atom stereocenters. The third-order valence-electron chi connectivity index (χ3n) is 4.10. The lowest BCUT2D eigenvalue weighted by molar-refractivity contribution is -0.287. The predicted molar refractivity (Wildman–Crippen MR) is 87.6 cm³/mol. The van der Waals surface area contributed by atoms with Gasteiger partial charge in [-0.2, -0.15) is 48.3 Å². The summed E-state index contributed by atoms with van der Waals surface area (Å²) in [6.45, 7) is 1.66. The molecule has 0 nitrogen and oxygen atoms in total. The van der Waals surface area contributed by atoms with Crippen LogP contribution in [0.2, 0.25) is 0 Å². The van der Waals surface area contributed by atoms with E-state index in [9.17, 15) is 48.3 Å². The molecule has 0 radical (unpaired) electrons. The summed E-state index contributed by atoms with van der Waals surface area (Å²) in [5.74, 6) is -11.9. The Labute approximate surface area is 161 Å². The van der Waals surface area contributed by atoms with Crippen LogP contribution in [0.25, 0.3) is 0 Å². The van der Waals surface area contributed by atoms with E-state index >= 15 is 0 Å². The van der Waals surface area contributed by atoms with E-state index < -0.39 is 55.4 Å². The van der Waals surface area contributed by atoms with Crippen molar-refractivity contribution in [1.82, 2.24) is 0 Å². The van der Waals surface area contributed by atoms with Gasteiger partial charge in [-0.15, -0.1) is 0 Å². The number of alkyl halides is 11. The van der Waals surface area contributed by atoms with Gasteiger partial charge in [-0.05, 0) is 11.7 Å². The summed E-state index contributed by atoms with van der Waals surface area (Å²) in [4.78, 5) is 0. The Hall–Kier alpha value is -1.12. The summed E-state index contributed by atoms with van der Waals surface area (Å²) in [5, 5.41) is -1.48. The highest BCUT2D eigenvalue weighted by Gasteiger charge is 2.80. The second-order valence-corrected chi connectivity index (χ2v) is 8.65. The Morgan fingerprint density at radius 1 is 0.690 bits per heavy atom. The topological polar surface area (TPSA) is 0 Å². The summed E-state index contributed by atoms with van der Waals surface area (Å²) in [6.07, 6.45) is -8.21. The first-order chi connectivity index (χ1) is 13.0. The largest absolute Gasteiger partial charge is 0.458 e. The van der Waals surface area contributed by atoms with Crippen molar-refractivity contribution in [2.45, 2.75) is 68.4 Å². The Bertz CT molecular complexity index is 641. The van der Waals surface area contributed by atoms with E-state index in [1.165, 1.54) is 0 Å². The van der Waals surface area contributed by atoms with E-state index in [1.807, 2.05) is 0 Å². The molecule has 0 spiro atoms. The fraction of sp³-hybridized carbons (Fsp3) is 0.647. The highest BCUT2D eigenvalue weighted by atomic mass is 31.1. The second kappa shape index (κ2) is 8.94. The third kappa shape index (κ3) is 5.14. The summed E-state index contributed by atoms with van der Waals surface area (Å²) < 4.78 is 151. The molecule has 1 rings (SSSR count). The van der Waals surface area contributed by atoms with Crippen LogP contribution in [0.15, 0.2) is 30.3 Å². The maximum Gasteiger partial charge on any atom is 0.458 e. The molecule has 1 aromatic rings. The standard InChI is InChI=1S/C17H18F11P/c1-2-3-4-8-11-13(18,19)14(20,21)16(25,26)29(12-9-6-5-7-10-12)17(27,28)15(22,23)24/h5-7,9-10H,2-4,8,11H2,1H3. The molecule has 0 aliphatic rings. The van der Waals surface area contributed by atoms with Crippen molar-refractivity contribution in [2.75, 3.05) is 0 Å². The molecule has 12 heteroatoms. The monoisotopic (exact) mass is 462 g/mol. The zero-order valence-corrected chi connectivity index (χ0v) is 15.9. The minimum absolute atomic E-state index is 0.0140. The van der Waals surface area contributed by atoms with Crippen LogP contribution < -0.4 is 5.30 Å². The first kappa shape index (κ1) is 25.9. The van der Waals surface area contributed by atoms with E-state index in [0.29, 0.717) is 25.0 Å². The zero-order valence-electron chi connectivity index (χ0n) is 15.0. The highest BCUT2D eigenvalue weighted by molar-refractivity contribution is 7.68. The van der Waals surface area contributed by atoms with Crippen LogP contribution in [0, 0.1) is 0 Å². The molecule has 29 heavy (non-hydrogen) atoms. The van der Waals surface area contributed by atoms with Crippen LogP contribution in [0.4, 0.5) is 48.3 Å². The normalized spacial score (nSPS) is 15.4. The van der Waals surface area contributed by atoms with Gasteiger partial charge in [0, 0.05) is 6.42 Å². The number of unbranched alkanes of at least 4 members (excludes halogenated alkanes) is 3. The summed E-state index contributed by atoms with van der Waals surface area (Å²) in [5.41, 5.74) is -12.7. The molecule has 0 N–H and O–H groups in total. The molecule has 0 aliphatic carbocycles. The van der Waals surface area contributed by atoms with Gasteiger partial charge in [0.15, 0.2) is 0 Å². The molecule has 0 saturated carbocycles. The quantitative estimate of drug-likeness (QED) is 0.189. The molecule has 0 aliphatic heterocycles. The Morgan fingerprint density at radius 3 is 1.66 bits per heavy atom. The lowest BCUT2D eigenvalue weighted by Gasteiger charge is -2.40. The minimum atomic E-state index is -6.65. The lowest BCUT2D eigenvalue weighted by Crippen LogP contribution is -2.57. The number of hydrogen-bond acceptors (Lipinski definition) is 0. The summed E-state index contributed by atoms with van der Waals surface area (Å²) >= 11 is 0. The van der Waals surface area contributed by atoms with Gasteiger partial charge in [0.1, 0.15) is 0 Å². The Morgan fingerprint density at radius 2 is 1.21 bits per heavy atom. The average Bonchev–Trinajstić information content (AvgIpc) is 2.58. The van der Waals surface area contributed by atoms with Gasteiger partial charge in [-0.3, -0.25) is 0 Å². The van der Waals surface area contributed by atoms with Gasteiger partial charge in [0.05, 0.1) is 7.92 Å². The summed E-state index contributed by atoms with van der Waals surface area (Å²) in [6, 6.07) is 3.31. The van der Waals surface area contributed by atoms with E-state index in [4.69, 9.17) is 0 Å². The maximum atomic E-state index is 14.5. The van der Waals surface area contributed by atoms with E-state index in [2.05, 4.69) is 0 Å². The van der Waals surface area contributed by atoms with Crippen molar-refractivity contribution in [3.8, 4) is 0 Å². The molecule has 0 saturated heterocycles. The number of benzene rings is 1. The molecule has 168 valence electrons. The van der Waals surface area contributed by atoms with Crippen LogP contribution in [-0.4, -0.2) is 29.3 Å². The van der Waals surface area contributed by atoms with E-state index in [0.717, 1.165) is 18.2 Å². The molecule has 0 bridgehead atoms. The van der Waals surface area contributed by atoms with Gasteiger partial charge >= 0.3 is 29.3 Å². The van der Waals surface area contributed by atoms with Crippen LogP contribution in [0.3, 0.4) is 0 Å². The zero-order chi connectivity index (χ0) is 22.7. The SMILES string of the molecule is CCCCCCC(F)(F)C(F)(F)C(F)(F)P(c1ccccc1)C(F)(F)C(F)(F)F. The van der Waals surface area contributed by atoms with Crippen LogP contribution in [-0.2, 0) is 0 Å². The van der Waals surface area contributed by atoms with Crippen LogP contribution in [0.1, 0.15) is 39.0 Å². The second-order valence-electron chi connectivity index (χ2n) is 6.34. The molecular weight excluding hydrogens is 444 g/mol.